The van der Waals surface area contributed by atoms with Crippen LogP contribution in [0.2, 0.25) is 0 Å². The third kappa shape index (κ3) is 5.29. The summed E-state index contributed by atoms with van der Waals surface area (Å²) in [6.07, 6.45) is 0. The SMILES string of the molecule is Cc1cc(OCc2ccc3ccccc3n2)ccc1OCc1ccc(OCc2nnn[nH]2)cc1. The lowest BCUT2D eigenvalue weighted by Crippen LogP contribution is -2.01. The van der Waals surface area contributed by atoms with Crippen LogP contribution < -0.4 is 14.2 Å². The Bertz CT molecular complexity index is 1370. The third-order valence-corrected chi connectivity index (χ3v) is 5.27. The minimum Gasteiger partial charge on any atom is -0.489 e. The standard InChI is InChI=1S/C26H23N5O3/c1-18-14-23(32-16-21-9-8-20-4-2-3-5-24(20)27-21)12-13-25(18)34-15-19-6-10-22(11-7-19)33-17-26-28-30-31-29-26/h2-14H,15-17H2,1H3,(H,28,29,30,31). The number of benzene rings is 3. The molecule has 0 aliphatic heterocycles. The molecule has 0 bridgehead atoms. The number of nitrogens with one attached hydrogen (secondary N) is 1. The molecule has 34 heavy (non-hydrogen) atoms. The maximum Gasteiger partial charge on any atom is 0.186 e. The van der Waals surface area contributed by atoms with Crippen molar-refractivity contribution in [2.75, 3.05) is 0 Å². The summed E-state index contributed by atoms with van der Waals surface area (Å²) in [6, 6.07) is 25.7. The summed E-state index contributed by atoms with van der Waals surface area (Å²) in [5.74, 6) is 2.90. The molecule has 2 aromatic heterocycles. The Hall–Kier alpha value is -4.46. The van der Waals surface area contributed by atoms with E-state index in [1.807, 2.05) is 73.7 Å². The zero-order valence-corrected chi connectivity index (χ0v) is 18.6. The Labute approximate surface area is 196 Å². The normalized spacial score (nSPS) is 10.9. The van der Waals surface area contributed by atoms with E-state index in [-0.39, 0.29) is 6.61 Å². The number of hydrogen-bond donors (Lipinski definition) is 1. The third-order valence-electron chi connectivity index (χ3n) is 5.27. The van der Waals surface area contributed by atoms with Crippen molar-refractivity contribution in [1.82, 2.24) is 25.6 Å². The molecule has 0 aliphatic rings. The molecular formula is C26H23N5O3. The molecule has 0 atom stereocenters. The van der Waals surface area contributed by atoms with E-state index in [9.17, 15) is 0 Å². The molecule has 5 aromatic rings. The quantitative estimate of drug-likeness (QED) is 0.343. The lowest BCUT2D eigenvalue weighted by Gasteiger charge is -2.12. The minimum atomic E-state index is 0.285. The Morgan fingerprint density at radius 1 is 0.765 bits per heavy atom. The number of fused-ring (bicyclic) bond motifs is 1. The molecule has 170 valence electrons. The van der Waals surface area contributed by atoms with Gasteiger partial charge in [-0.1, -0.05) is 36.4 Å². The highest BCUT2D eigenvalue weighted by Crippen LogP contribution is 2.25. The van der Waals surface area contributed by atoms with Crippen LogP contribution in [-0.2, 0) is 19.8 Å². The fourth-order valence-corrected chi connectivity index (χ4v) is 3.45. The van der Waals surface area contributed by atoms with Gasteiger partial charge in [-0.05, 0) is 70.9 Å². The van der Waals surface area contributed by atoms with Gasteiger partial charge in [-0.2, -0.15) is 0 Å². The van der Waals surface area contributed by atoms with Gasteiger partial charge in [0.25, 0.3) is 0 Å². The van der Waals surface area contributed by atoms with Gasteiger partial charge in [0.2, 0.25) is 0 Å². The van der Waals surface area contributed by atoms with E-state index >= 15 is 0 Å². The van der Waals surface area contributed by atoms with Crippen LogP contribution in [0.3, 0.4) is 0 Å². The molecule has 0 amide bonds. The van der Waals surface area contributed by atoms with Gasteiger partial charge < -0.3 is 14.2 Å². The van der Waals surface area contributed by atoms with Crippen LogP contribution in [0.4, 0.5) is 0 Å². The van der Waals surface area contributed by atoms with Gasteiger partial charge in [0, 0.05) is 5.39 Å². The topological polar surface area (TPSA) is 95.0 Å². The number of aromatic amines is 1. The lowest BCUT2D eigenvalue weighted by molar-refractivity contribution is 0.290. The molecule has 2 heterocycles. The average molecular weight is 454 g/mol. The number of para-hydroxylation sites is 1. The summed E-state index contributed by atoms with van der Waals surface area (Å²) in [6.45, 7) is 3.15. The number of H-pyrrole nitrogens is 1. The highest BCUT2D eigenvalue weighted by atomic mass is 16.5. The predicted molar refractivity (Wildman–Crippen MR) is 127 cm³/mol. The second-order valence-electron chi connectivity index (χ2n) is 7.78. The molecular weight excluding hydrogens is 430 g/mol. The van der Waals surface area contributed by atoms with Crippen LogP contribution in [0, 0.1) is 6.92 Å². The number of rotatable bonds is 9. The fraction of sp³-hybridized carbons (Fsp3) is 0.154. The van der Waals surface area contributed by atoms with E-state index in [4.69, 9.17) is 14.2 Å². The van der Waals surface area contributed by atoms with E-state index < -0.39 is 0 Å². The molecule has 0 saturated heterocycles. The lowest BCUT2D eigenvalue weighted by atomic mass is 10.2. The molecule has 5 rings (SSSR count). The number of pyridine rings is 1. The van der Waals surface area contributed by atoms with Crippen LogP contribution in [0.1, 0.15) is 22.6 Å². The molecule has 1 N–H and O–H groups in total. The number of aryl methyl sites for hydroxylation is 1. The second kappa shape index (κ2) is 9.99. The van der Waals surface area contributed by atoms with Crippen molar-refractivity contribution in [1.29, 1.82) is 0 Å². The van der Waals surface area contributed by atoms with Gasteiger partial charge in [0.05, 0.1) is 11.2 Å². The molecule has 0 aliphatic carbocycles. The van der Waals surface area contributed by atoms with E-state index in [0.717, 1.165) is 45.0 Å². The summed E-state index contributed by atoms with van der Waals surface area (Å²) in [4.78, 5) is 4.66. The van der Waals surface area contributed by atoms with Crippen molar-refractivity contribution in [2.45, 2.75) is 26.7 Å². The average Bonchev–Trinajstić information content (AvgIpc) is 3.40. The second-order valence-corrected chi connectivity index (χ2v) is 7.78. The zero-order valence-electron chi connectivity index (χ0n) is 18.6. The zero-order chi connectivity index (χ0) is 23.2. The summed E-state index contributed by atoms with van der Waals surface area (Å²) in [5.41, 5.74) is 3.90. The molecule has 8 heteroatoms. The number of tetrazole rings is 1. The Morgan fingerprint density at radius 2 is 1.59 bits per heavy atom. The number of aromatic nitrogens is 5. The van der Waals surface area contributed by atoms with Crippen molar-refractivity contribution in [3.05, 3.63) is 102 Å². The van der Waals surface area contributed by atoms with E-state index in [1.54, 1.807) is 0 Å². The summed E-state index contributed by atoms with van der Waals surface area (Å²) < 4.78 is 17.6. The van der Waals surface area contributed by atoms with E-state index in [2.05, 4.69) is 37.7 Å². The van der Waals surface area contributed by atoms with Crippen LogP contribution in [-0.4, -0.2) is 25.6 Å². The van der Waals surface area contributed by atoms with Crippen LogP contribution in [0.25, 0.3) is 10.9 Å². The molecule has 8 nitrogen and oxygen atoms in total. The molecule has 0 fully saturated rings. The van der Waals surface area contributed by atoms with Gasteiger partial charge in [0.15, 0.2) is 5.82 Å². The summed E-state index contributed by atoms with van der Waals surface area (Å²) in [7, 11) is 0. The van der Waals surface area contributed by atoms with Gasteiger partial charge in [-0.3, -0.25) is 0 Å². The van der Waals surface area contributed by atoms with Gasteiger partial charge in [-0.25, -0.2) is 10.1 Å². The Balaban J connectivity index is 1.13. The minimum absolute atomic E-state index is 0.285. The smallest absolute Gasteiger partial charge is 0.186 e. The maximum absolute atomic E-state index is 6.01. The van der Waals surface area contributed by atoms with Crippen LogP contribution in [0.15, 0.2) is 78.9 Å². The fourth-order valence-electron chi connectivity index (χ4n) is 3.45. The van der Waals surface area contributed by atoms with Crippen molar-refractivity contribution < 1.29 is 14.2 Å². The molecule has 3 aromatic carbocycles. The first-order valence-electron chi connectivity index (χ1n) is 10.9. The van der Waals surface area contributed by atoms with Crippen LogP contribution in [0.5, 0.6) is 17.2 Å². The van der Waals surface area contributed by atoms with Crippen molar-refractivity contribution in [2.24, 2.45) is 0 Å². The van der Waals surface area contributed by atoms with Crippen molar-refractivity contribution in [3.63, 3.8) is 0 Å². The Morgan fingerprint density at radius 3 is 2.41 bits per heavy atom. The first kappa shape index (κ1) is 21.4. The maximum atomic E-state index is 6.01. The van der Waals surface area contributed by atoms with Gasteiger partial charge >= 0.3 is 0 Å². The molecule has 0 unspecified atom stereocenters. The highest BCUT2D eigenvalue weighted by Gasteiger charge is 2.06. The predicted octanol–water partition coefficient (Wildman–Crippen LogP) is 4.79. The van der Waals surface area contributed by atoms with E-state index in [0.29, 0.717) is 19.0 Å². The van der Waals surface area contributed by atoms with E-state index in [1.165, 1.54) is 0 Å². The number of ether oxygens (including phenoxy) is 3. The first-order chi connectivity index (χ1) is 16.7. The number of hydrogen-bond acceptors (Lipinski definition) is 7. The Kier molecular flexibility index (Phi) is 6.29. The number of nitrogens with zero attached hydrogens (tertiary/aromatic N) is 4. The van der Waals surface area contributed by atoms with Crippen LogP contribution >= 0.6 is 0 Å². The monoisotopic (exact) mass is 453 g/mol. The molecule has 0 radical (unpaired) electrons. The van der Waals surface area contributed by atoms with Gasteiger partial charge in [-0.15, -0.1) is 5.10 Å². The first-order valence-corrected chi connectivity index (χ1v) is 10.9. The van der Waals surface area contributed by atoms with Crippen molar-refractivity contribution >= 4 is 10.9 Å². The summed E-state index contributed by atoms with van der Waals surface area (Å²) in [5, 5.41) is 14.6. The summed E-state index contributed by atoms with van der Waals surface area (Å²) >= 11 is 0. The van der Waals surface area contributed by atoms with Gasteiger partial charge in [0.1, 0.15) is 37.1 Å². The largest absolute Gasteiger partial charge is 0.489 e. The van der Waals surface area contributed by atoms with Crippen molar-refractivity contribution in [3.8, 4) is 17.2 Å². The molecule has 0 saturated carbocycles. The highest BCUT2D eigenvalue weighted by molar-refractivity contribution is 5.78. The molecule has 0 spiro atoms.